The maximum atomic E-state index is 12.7. The average molecular weight is 395 g/mol. The molecule has 1 aliphatic heterocycles. The predicted octanol–water partition coefficient (Wildman–Crippen LogP) is 3.57. The Labute approximate surface area is 171 Å². The van der Waals surface area contributed by atoms with Crippen molar-refractivity contribution in [2.24, 2.45) is 0 Å². The zero-order chi connectivity index (χ0) is 20.1. The Bertz CT molecular complexity index is 870. The van der Waals surface area contributed by atoms with Crippen molar-refractivity contribution in [1.82, 2.24) is 14.8 Å². The fourth-order valence-corrected chi connectivity index (χ4v) is 4.57. The number of nitriles is 1. The number of nitrogens with zero attached hydrogens (tertiary/aromatic N) is 4. The fraction of sp³-hybridized carbons (Fsp3) is 0.409. The number of aryl methyl sites for hydroxylation is 2. The highest BCUT2D eigenvalue weighted by Gasteiger charge is 2.25. The molecule has 28 heavy (non-hydrogen) atoms. The van der Waals surface area contributed by atoms with Crippen molar-refractivity contribution in [1.29, 1.82) is 5.26 Å². The minimum Gasteiger partial charge on any atom is -0.339 e. The smallest absolute Gasteiger partial charge is 0.233 e. The van der Waals surface area contributed by atoms with Crippen LogP contribution in [0.5, 0.6) is 0 Å². The van der Waals surface area contributed by atoms with E-state index in [1.165, 1.54) is 17.3 Å². The van der Waals surface area contributed by atoms with Gasteiger partial charge in [-0.2, -0.15) is 5.26 Å². The predicted molar refractivity (Wildman–Crippen MR) is 112 cm³/mol. The molecular formula is C22H26N4OS. The van der Waals surface area contributed by atoms with Crippen LogP contribution in [0.1, 0.15) is 35.3 Å². The van der Waals surface area contributed by atoms with Crippen molar-refractivity contribution >= 4 is 17.7 Å². The molecular weight excluding hydrogens is 368 g/mol. The van der Waals surface area contributed by atoms with E-state index in [-0.39, 0.29) is 5.91 Å². The van der Waals surface area contributed by atoms with Crippen LogP contribution >= 0.6 is 11.8 Å². The lowest BCUT2D eigenvalue weighted by Crippen LogP contribution is -2.49. The number of thioether (sulfide) groups is 1. The normalized spacial score (nSPS) is 15.9. The van der Waals surface area contributed by atoms with Gasteiger partial charge in [-0.3, -0.25) is 9.69 Å². The van der Waals surface area contributed by atoms with Gasteiger partial charge < -0.3 is 4.90 Å². The summed E-state index contributed by atoms with van der Waals surface area (Å²) in [6.07, 6.45) is 0. The molecule has 1 unspecified atom stereocenters. The summed E-state index contributed by atoms with van der Waals surface area (Å²) in [6, 6.07) is 14.9. The van der Waals surface area contributed by atoms with Gasteiger partial charge in [0, 0.05) is 37.9 Å². The summed E-state index contributed by atoms with van der Waals surface area (Å²) in [5, 5.41) is 10.0. The number of carbonyl (C=O) groups excluding carboxylic acids is 1. The van der Waals surface area contributed by atoms with E-state index in [0.717, 1.165) is 37.4 Å². The zero-order valence-electron chi connectivity index (χ0n) is 16.7. The summed E-state index contributed by atoms with van der Waals surface area (Å²) in [6.45, 7) is 9.26. The number of carbonyl (C=O) groups is 1. The van der Waals surface area contributed by atoms with E-state index in [0.29, 0.717) is 22.4 Å². The minimum atomic E-state index is 0.113. The third-order valence-electron chi connectivity index (χ3n) is 5.25. The topological polar surface area (TPSA) is 60.2 Å². The van der Waals surface area contributed by atoms with E-state index < -0.39 is 0 Å². The second-order valence-electron chi connectivity index (χ2n) is 7.16. The highest BCUT2D eigenvalue weighted by Crippen LogP contribution is 2.25. The molecule has 0 radical (unpaired) electrons. The fourth-order valence-electron chi connectivity index (χ4n) is 3.57. The van der Waals surface area contributed by atoms with Gasteiger partial charge in [0.25, 0.3) is 0 Å². The van der Waals surface area contributed by atoms with E-state index in [1.54, 1.807) is 0 Å². The highest BCUT2D eigenvalue weighted by atomic mass is 32.2. The maximum Gasteiger partial charge on any atom is 0.233 e. The molecule has 0 spiro atoms. The molecule has 0 aliphatic carbocycles. The maximum absolute atomic E-state index is 12.7. The molecule has 1 aromatic carbocycles. The molecule has 1 saturated heterocycles. The van der Waals surface area contributed by atoms with Crippen LogP contribution in [0.2, 0.25) is 0 Å². The van der Waals surface area contributed by atoms with E-state index in [2.05, 4.69) is 47.1 Å². The summed E-state index contributed by atoms with van der Waals surface area (Å²) in [5.74, 6) is 0.431. The van der Waals surface area contributed by atoms with Gasteiger partial charge >= 0.3 is 0 Å². The van der Waals surface area contributed by atoms with E-state index in [9.17, 15) is 10.1 Å². The summed E-state index contributed by atoms with van der Waals surface area (Å²) in [7, 11) is 0. The molecule has 1 aliphatic rings. The third kappa shape index (κ3) is 4.73. The van der Waals surface area contributed by atoms with Gasteiger partial charge in [-0.1, -0.05) is 42.1 Å². The Hall–Kier alpha value is -2.36. The second kappa shape index (κ2) is 9.22. The largest absolute Gasteiger partial charge is 0.339 e. The van der Waals surface area contributed by atoms with Crippen LogP contribution in [0.15, 0.2) is 41.4 Å². The molecule has 0 N–H and O–H groups in total. The Morgan fingerprint density at radius 3 is 2.54 bits per heavy atom. The average Bonchev–Trinajstić information content (AvgIpc) is 2.72. The first-order chi connectivity index (χ1) is 13.5. The number of rotatable bonds is 5. The summed E-state index contributed by atoms with van der Waals surface area (Å²) in [4.78, 5) is 21.5. The van der Waals surface area contributed by atoms with Crippen molar-refractivity contribution in [3.8, 4) is 6.07 Å². The molecule has 3 rings (SSSR count). The first-order valence-electron chi connectivity index (χ1n) is 9.57. The van der Waals surface area contributed by atoms with Gasteiger partial charge in [0.1, 0.15) is 11.1 Å². The van der Waals surface area contributed by atoms with E-state index >= 15 is 0 Å². The number of amides is 1. The lowest BCUT2D eigenvalue weighted by atomic mass is 10.1. The Morgan fingerprint density at radius 1 is 1.21 bits per heavy atom. The van der Waals surface area contributed by atoms with Gasteiger partial charge in [0.15, 0.2) is 0 Å². The van der Waals surface area contributed by atoms with Gasteiger partial charge in [-0.25, -0.2) is 4.98 Å². The summed E-state index contributed by atoms with van der Waals surface area (Å²) < 4.78 is 0. The van der Waals surface area contributed by atoms with Gasteiger partial charge in [-0.15, -0.1) is 0 Å². The van der Waals surface area contributed by atoms with Crippen LogP contribution < -0.4 is 0 Å². The molecule has 1 fully saturated rings. The Kier molecular flexibility index (Phi) is 6.71. The van der Waals surface area contributed by atoms with Crippen LogP contribution in [0.3, 0.4) is 0 Å². The number of pyridine rings is 1. The van der Waals surface area contributed by atoms with E-state index in [4.69, 9.17) is 0 Å². The van der Waals surface area contributed by atoms with Crippen molar-refractivity contribution < 1.29 is 4.79 Å². The van der Waals surface area contributed by atoms with Crippen molar-refractivity contribution in [3.63, 3.8) is 0 Å². The van der Waals surface area contributed by atoms with Crippen molar-refractivity contribution in [2.75, 3.05) is 31.9 Å². The number of hydrogen-bond acceptors (Lipinski definition) is 5. The highest BCUT2D eigenvalue weighted by molar-refractivity contribution is 8.00. The molecule has 2 aromatic rings. The van der Waals surface area contributed by atoms with Crippen LogP contribution in [0.25, 0.3) is 0 Å². The van der Waals surface area contributed by atoms with Gasteiger partial charge in [-0.05, 0) is 38.0 Å². The van der Waals surface area contributed by atoms with Crippen LogP contribution in [0, 0.1) is 25.2 Å². The molecule has 5 nitrogen and oxygen atoms in total. The molecule has 6 heteroatoms. The molecule has 0 saturated carbocycles. The quantitative estimate of drug-likeness (QED) is 0.726. The molecule has 2 heterocycles. The molecule has 1 aromatic heterocycles. The monoisotopic (exact) mass is 394 g/mol. The first-order valence-corrected chi connectivity index (χ1v) is 10.6. The Morgan fingerprint density at radius 2 is 1.89 bits per heavy atom. The minimum absolute atomic E-state index is 0.113. The SMILES string of the molecule is Cc1cc(C)c(C#N)c(SCC(=O)N2CCN(C(C)c3ccccc3)CC2)n1. The molecule has 0 bridgehead atoms. The Balaban J connectivity index is 1.54. The molecule has 1 amide bonds. The first kappa shape index (κ1) is 20.4. The standard InChI is InChI=1S/C22H26N4OS/c1-16-13-17(2)24-22(20(16)14-23)28-15-21(27)26-11-9-25(10-12-26)18(3)19-7-5-4-6-8-19/h4-8,13,18H,9-12,15H2,1-3H3. The number of benzene rings is 1. The third-order valence-corrected chi connectivity index (χ3v) is 6.21. The van der Waals surface area contributed by atoms with Crippen molar-refractivity contribution in [2.45, 2.75) is 31.8 Å². The lowest BCUT2D eigenvalue weighted by Gasteiger charge is -2.38. The van der Waals surface area contributed by atoms with Gasteiger partial charge in [0.05, 0.1) is 11.3 Å². The molecule has 146 valence electrons. The number of piperazine rings is 1. The number of aromatic nitrogens is 1. The zero-order valence-corrected chi connectivity index (χ0v) is 17.5. The lowest BCUT2D eigenvalue weighted by molar-refractivity contribution is -0.130. The second-order valence-corrected chi connectivity index (χ2v) is 8.13. The summed E-state index contributed by atoms with van der Waals surface area (Å²) in [5.41, 5.74) is 3.66. The van der Waals surface area contributed by atoms with Gasteiger partial charge in [0.2, 0.25) is 5.91 Å². The van der Waals surface area contributed by atoms with E-state index in [1.807, 2.05) is 30.9 Å². The number of hydrogen-bond donors (Lipinski definition) is 0. The van der Waals surface area contributed by atoms with Crippen molar-refractivity contribution in [3.05, 3.63) is 58.8 Å². The molecule has 1 atom stereocenters. The summed E-state index contributed by atoms with van der Waals surface area (Å²) >= 11 is 1.37. The van der Waals surface area contributed by atoms with Crippen LogP contribution in [-0.4, -0.2) is 52.6 Å². The van der Waals surface area contributed by atoms with Crippen LogP contribution in [-0.2, 0) is 4.79 Å². The van der Waals surface area contributed by atoms with Crippen LogP contribution in [0.4, 0.5) is 0 Å².